The van der Waals surface area contributed by atoms with Crippen LogP contribution in [-0.4, -0.2) is 47.4 Å². The maximum Gasteiger partial charge on any atom is 0.289 e. The number of nitrogens with zero attached hydrogens (tertiary/aromatic N) is 1. The summed E-state index contributed by atoms with van der Waals surface area (Å²) in [7, 11) is 0. The maximum atomic E-state index is 12.2. The molecule has 140 valence electrons. The molecule has 1 aromatic rings. The summed E-state index contributed by atoms with van der Waals surface area (Å²) < 4.78 is 0. The monoisotopic (exact) mass is 399 g/mol. The smallest absolute Gasteiger partial charge is 0.289 e. The third-order valence-corrected chi connectivity index (χ3v) is 4.68. The van der Waals surface area contributed by atoms with Gasteiger partial charge in [-0.2, -0.15) is 0 Å². The number of rotatable bonds is 8. The Morgan fingerprint density at radius 3 is 2.65 bits per heavy atom. The highest BCUT2D eigenvalue weighted by Gasteiger charge is 2.33. The Morgan fingerprint density at radius 2 is 2.00 bits per heavy atom. The molecule has 0 atom stereocenters. The van der Waals surface area contributed by atoms with Gasteiger partial charge in [0.2, 0.25) is 5.91 Å². The third-order valence-electron chi connectivity index (χ3n) is 3.94. The molecule has 0 spiro atoms. The van der Waals surface area contributed by atoms with Gasteiger partial charge in [0.05, 0.1) is 22.2 Å². The fourth-order valence-corrected chi connectivity index (χ4v) is 2.84. The molecular formula is C17H19Cl2N3O4. The van der Waals surface area contributed by atoms with E-state index in [1.165, 1.54) is 4.90 Å². The molecule has 0 unspecified atom stereocenters. The van der Waals surface area contributed by atoms with E-state index in [1.807, 2.05) is 6.07 Å². The molecule has 0 aliphatic carbocycles. The number of aliphatic hydroxyl groups excluding tert-OH is 1. The van der Waals surface area contributed by atoms with Crippen LogP contribution in [-0.2, 0) is 20.8 Å². The number of benzene rings is 1. The summed E-state index contributed by atoms with van der Waals surface area (Å²) in [5, 5.41) is 13.5. The standard InChI is InChI=1S/C17H19Cl2N3O4/c18-12-4-3-10(8-13(12)19)2-1-6-21-16(25)11-9-22(7-5-14(20)23)17(26)15(11)24/h3-4,8,24H,1-2,5-7,9H2,(H2,20,23)(H,21,25). The number of carbonyl (C=O) groups is 3. The molecule has 4 N–H and O–H groups in total. The number of hydrogen-bond acceptors (Lipinski definition) is 4. The molecule has 9 heteroatoms. The molecule has 0 radical (unpaired) electrons. The zero-order valence-corrected chi connectivity index (χ0v) is 15.4. The Bertz CT molecular complexity index is 764. The van der Waals surface area contributed by atoms with E-state index >= 15 is 0 Å². The van der Waals surface area contributed by atoms with E-state index in [0.29, 0.717) is 29.4 Å². The number of aliphatic hydroxyl groups is 1. The molecule has 1 aliphatic heterocycles. The van der Waals surface area contributed by atoms with Gasteiger partial charge in [0.25, 0.3) is 11.8 Å². The second kappa shape index (κ2) is 8.91. The number of nitrogens with two attached hydrogens (primary N) is 1. The summed E-state index contributed by atoms with van der Waals surface area (Å²) in [6.45, 7) is 0.383. The van der Waals surface area contributed by atoms with Crippen molar-refractivity contribution in [2.45, 2.75) is 19.3 Å². The zero-order valence-electron chi connectivity index (χ0n) is 13.9. The van der Waals surface area contributed by atoms with Crippen molar-refractivity contribution >= 4 is 40.9 Å². The van der Waals surface area contributed by atoms with Crippen LogP contribution in [0, 0.1) is 0 Å². The number of carbonyl (C=O) groups excluding carboxylic acids is 3. The van der Waals surface area contributed by atoms with Crippen LogP contribution < -0.4 is 11.1 Å². The van der Waals surface area contributed by atoms with Gasteiger partial charge in [0.15, 0.2) is 5.76 Å². The highest BCUT2D eigenvalue weighted by atomic mass is 35.5. The molecule has 0 aromatic heterocycles. The van der Waals surface area contributed by atoms with E-state index in [0.717, 1.165) is 5.56 Å². The molecule has 0 saturated heterocycles. The number of nitrogens with one attached hydrogen (secondary N) is 1. The molecular weight excluding hydrogens is 381 g/mol. The van der Waals surface area contributed by atoms with Crippen LogP contribution in [0.2, 0.25) is 10.0 Å². The Morgan fingerprint density at radius 1 is 1.27 bits per heavy atom. The van der Waals surface area contributed by atoms with E-state index in [2.05, 4.69) is 5.32 Å². The molecule has 1 heterocycles. The van der Waals surface area contributed by atoms with Gasteiger partial charge in [-0.25, -0.2) is 0 Å². The topological polar surface area (TPSA) is 113 Å². The van der Waals surface area contributed by atoms with Gasteiger partial charge < -0.3 is 21.1 Å². The number of halogens is 2. The predicted molar refractivity (Wildman–Crippen MR) is 97.8 cm³/mol. The molecule has 0 fully saturated rings. The van der Waals surface area contributed by atoms with Crippen LogP contribution in [0.4, 0.5) is 0 Å². The highest BCUT2D eigenvalue weighted by Crippen LogP contribution is 2.23. The maximum absolute atomic E-state index is 12.2. The van der Waals surface area contributed by atoms with Crippen molar-refractivity contribution in [3.05, 3.63) is 45.1 Å². The lowest BCUT2D eigenvalue weighted by atomic mass is 10.1. The van der Waals surface area contributed by atoms with Crippen LogP contribution >= 0.6 is 23.2 Å². The zero-order chi connectivity index (χ0) is 19.3. The lowest BCUT2D eigenvalue weighted by Gasteiger charge is -2.14. The number of primary amides is 1. The van der Waals surface area contributed by atoms with Gasteiger partial charge in [-0.05, 0) is 30.5 Å². The van der Waals surface area contributed by atoms with Crippen molar-refractivity contribution in [2.24, 2.45) is 5.73 Å². The molecule has 0 saturated carbocycles. The van der Waals surface area contributed by atoms with Crippen molar-refractivity contribution in [2.75, 3.05) is 19.6 Å². The van der Waals surface area contributed by atoms with Gasteiger partial charge in [-0.15, -0.1) is 0 Å². The normalized spacial score (nSPS) is 14.1. The molecule has 26 heavy (non-hydrogen) atoms. The quantitative estimate of drug-likeness (QED) is 0.575. The Hall–Kier alpha value is -2.25. The van der Waals surface area contributed by atoms with Gasteiger partial charge in [0, 0.05) is 19.5 Å². The van der Waals surface area contributed by atoms with Crippen LogP contribution in [0.5, 0.6) is 0 Å². The minimum Gasteiger partial charge on any atom is -0.503 e. The Labute approximate surface area is 160 Å². The SMILES string of the molecule is NC(=O)CCN1CC(C(=O)NCCCc2ccc(Cl)c(Cl)c2)=C(O)C1=O. The van der Waals surface area contributed by atoms with Gasteiger partial charge in [0.1, 0.15) is 0 Å². The van der Waals surface area contributed by atoms with Crippen molar-refractivity contribution in [1.82, 2.24) is 10.2 Å². The largest absolute Gasteiger partial charge is 0.503 e. The van der Waals surface area contributed by atoms with Crippen molar-refractivity contribution in [1.29, 1.82) is 0 Å². The van der Waals surface area contributed by atoms with Crippen LogP contribution in [0.25, 0.3) is 0 Å². The molecule has 3 amide bonds. The number of hydrogen-bond donors (Lipinski definition) is 3. The van der Waals surface area contributed by atoms with Crippen molar-refractivity contribution in [3.8, 4) is 0 Å². The summed E-state index contributed by atoms with van der Waals surface area (Å²) in [4.78, 5) is 36.0. The van der Waals surface area contributed by atoms with Crippen molar-refractivity contribution < 1.29 is 19.5 Å². The van der Waals surface area contributed by atoms with E-state index in [-0.39, 0.29) is 25.1 Å². The first kappa shape index (κ1) is 20.1. The van der Waals surface area contributed by atoms with E-state index in [1.54, 1.807) is 12.1 Å². The molecule has 2 rings (SSSR count). The molecule has 0 bridgehead atoms. The summed E-state index contributed by atoms with van der Waals surface area (Å²) in [5.41, 5.74) is 6.03. The number of amides is 3. The summed E-state index contributed by atoms with van der Waals surface area (Å²) in [6, 6.07) is 5.34. The number of aryl methyl sites for hydroxylation is 1. The van der Waals surface area contributed by atoms with E-state index < -0.39 is 23.5 Å². The van der Waals surface area contributed by atoms with Crippen LogP contribution in [0.1, 0.15) is 18.4 Å². The highest BCUT2D eigenvalue weighted by molar-refractivity contribution is 6.42. The van der Waals surface area contributed by atoms with E-state index in [4.69, 9.17) is 28.9 Å². The lowest BCUT2D eigenvalue weighted by Crippen LogP contribution is -2.33. The summed E-state index contributed by atoms with van der Waals surface area (Å²) >= 11 is 11.8. The van der Waals surface area contributed by atoms with Gasteiger partial charge in [-0.3, -0.25) is 14.4 Å². The second-order valence-electron chi connectivity index (χ2n) is 5.88. The fraction of sp³-hybridized carbons (Fsp3) is 0.353. The minimum atomic E-state index is -0.674. The lowest BCUT2D eigenvalue weighted by molar-refractivity contribution is -0.128. The van der Waals surface area contributed by atoms with Gasteiger partial charge >= 0.3 is 0 Å². The average molecular weight is 400 g/mol. The second-order valence-corrected chi connectivity index (χ2v) is 6.69. The third kappa shape index (κ3) is 5.12. The first-order chi connectivity index (χ1) is 12.3. The summed E-state index contributed by atoms with van der Waals surface area (Å²) in [5.74, 6) is -2.33. The average Bonchev–Trinajstić information content (AvgIpc) is 2.88. The summed E-state index contributed by atoms with van der Waals surface area (Å²) in [6.07, 6.45) is 1.31. The van der Waals surface area contributed by atoms with Crippen molar-refractivity contribution in [3.63, 3.8) is 0 Å². The fourth-order valence-electron chi connectivity index (χ4n) is 2.52. The van der Waals surface area contributed by atoms with E-state index in [9.17, 15) is 19.5 Å². The Balaban J connectivity index is 1.81. The van der Waals surface area contributed by atoms with Gasteiger partial charge in [-0.1, -0.05) is 29.3 Å². The molecule has 1 aliphatic rings. The van der Waals surface area contributed by atoms with Crippen LogP contribution in [0.15, 0.2) is 29.5 Å². The first-order valence-electron chi connectivity index (χ1n) is 8.01. The predicted octanol–water partition coefficient (Wildman–Crippen LogP) is 1.57. The minimum absolute atomic E-state index is 0.00555. The Kier molecular flexibility index (Phi) is 6.88. The molecule has 7 nitrogen and oxygen atoms in total. The first-order valence-corrected chi connectivity index (χ1v) is 8.77. The molecule has 1 aromatic carbocycles. The van der Waals surface area contributed by atoms with Crippen LogP contribution in [0.3, 0.4) is 0 Å².